The minimum absolute atomic E-state index is 0.0224. The van der Waals surface area contributed by atoms with Crippen molar-refractivity contribution in [1.82, 2.24) is 9.88 Å². The number of hydrogen-bond acceptors (Lipinski definition) is 5. The molecule has 0 radical (unpaired) electrons. The molecular formula is C22H19ClF2N4O4. The molecule has 3 amide bonds. The van der Waals surface area contributed by atoms with E-state index in [0.29, 0.717) is 10.9 Å². The third-order valence-corrected chi connectivity index (χ3v) is 5.58. The van der Waals surface area contributed by atoms with Crippen molar-refractivity contribution >= 4 is 40.1 Å². The molecule has 2 aromatic carbocycles. The van der Waals surface area contributed by atoms with Crippen LogP contribution in [0, 0.1) is 5.82 Å². The van der Waals surface area contributed by atoms with E-state index >= 15 is 0 Å². The number of likely N-dealkylation sites (tertiary alicyclic amines) is 1. The summed E-state index contributed by atoms with van der Waals surface area (Å²) in [4.78, 5) is 29.5. The fourth-order valence-electron chi connectivity index (χ4n) is 3.52. The second-order valence-corrected chi connectivity index (χ2v) is 7.72. The Bertz CT molecular complexity index is 1260. The molecule has 0 aliphatic carbocycles. The SMILES string of the molecule is COc1cc2nccc(Oc3ccc(NC(=O)N4CCC(F)C4)c(Cl)c3F)c2cc1C(N)=O. The van der Waals surface area contributed by atoms with Crippen LogP contribution in [-0.2, 0) is 0 Å². The van der Waals surface area contributed by atoms with Gasteiger partial charge in [0.1, 0.15) is 22.7 Å². The molecule has 0 bridgehead atoms. The Balaban J connectivity index is 1.63. The van der Waals surface area contributed by atoms with E-state index in [9.17, 15) is 18.4 Å². The number of nitrogens with one attached hydrogen (secondary N) is 1. The Hall–Kier alpha value is -3.66. The molecule has 1 aromatic heterocycles. The van der Waals surface area contributed by atoms with Gasteiger partial charge in [-0.2, -0.15) is 0 Å². The first-order chi connectivity index (χ1) is 15.8. The molecule has 0 saturated carbocycles. The molecule has 172 valence electrons. The lowest BCUT2D eigenvalue weighted by Gasteiger charge is -2.18. The number of pyridine rings is 1. The number of hydrogen-bond donors (Lipinski definition) is 2. The zero-order chi connectivity index (χ0) is 23.7. The Morgan fingerprint density at radius 3 is 2.70 bits per heavy atom. The lowest BCUT2D eigenvalue weighted by Crippen LogP contribution is -2.33. The highest BCUT2D eigenvalue weighted by molar-refractivity contribution is 6.34. The molecule has 3 N–H and O–H groups in total. The van der Waals surface area contributed by atoms with Crippen LogP contribution in [0.5, 0.6) is 17.2 Å². The number of anilines is 1. The van der Waals surface area contributed by atoms with Gasteiger partial charge in [-0.05, 0) is 30.7 Å². The van der Waals surface area contributed by atoms with E-state index in [-0.39, 0.29) is 53.0 Å². The number of amides is 3. The number of urea groups is 1. The first kappa shape index (κ1) is 22.5. The topological polar surface area (TPSA) is 107 Å². The van der Waals surface area contributed by atoms with Gasteiger partial charge in [0.15, 0.2) is 11.6 Å². The zero-order valence-corrected chi connectivity index (χ0v) is 18.2. The molecule has 1 fully saturated rings. The van der Waals surface area contributed by atoms with Crippen LogP contribution >= 0.6 is 11.6 Å². The molecule has 0 spiro atoms. The summed E-state index contributed by atoms with van der Waals surface area (Å²) < 4.78 is 39.2. The third-order valence-electron chi connectivity index (χ3n) is 5.21. The van der Waals surface area contributed by atoms with E-state index in [0.717, 1.165) is 0 Å². The van der Waals surface area contributed by atoms with Crippen molar-refractivity contribution in [3.63, 3.8) is 0 Å². The lowest BCUT2D eigenvalue weighted by molar-refractivity contribution is 0.0997. The minimum atomic E-state index is -1.08. The summed E-state index contributed by atoms with van der Waals surface area (Å²) >= 11 is 6.12. The van der Waals surface area contributed by atoms with Crippen LogP contribution < -0.4 is 20.5 Å². The number of primary amides is 1. The molecule has 1 unspecified atom stereocenters. The van der Waals surface area contributed by atoms with E-state index in [1.807, 2.05) is 0 Å². The molecular weight excluding hydrogens is 458 g/mol. The second-order valence-electron chi connectivity index (χ2n) is 7.35. The highest BCUT2D eigenvalue weighted by Crippen LogP contribution is 2.37. The number of rotatable bonds is 5. The number of carbonyl (C=O) groups is 2. The average Bonchev–Trinajstić information content (AvgIpc) is 3.24. The molecule has 1 aliphatic heterocycles. The Labute approximate surface area is 192 Å². The molecule has 1 aliphatic rings. The van der Waals surface area contributed by atoms with Crippen molar-refractivity contribution < 1.29 is 27.8 Å². The van der Waals surface area contributed by atoms with Crippen LogP contribution in [-0.4, -0.2) is 48.2 Å². The first-order valence-corrected chi connectivity index (χ1v) is 10.3. The number of halogens is 3. The summed E-state index contributed by atoms with van der Waals surface area (Å²) in [5.74, 6) is -1.40. The molecule has 4 rings (SSSR count). The fraction of sp³-hybridized carbons (Fsp3) is 0.227. The Morgan fingerprint density at radius 2 is 2.03 bits per heavy atom. The summed E-state index contributed by atoms with van der Waals surface area (Å²) in [6.45, 7) is 0.238. The number of aromatic nitrogens is 1. The molecule has 2 heterocycles. The van der Waals surface area contributed by atoms with Gasteiger partial charge >= 0.3 is 6.03 Å². The number of fused-ring (bicyclic) bond motifs is 1. The third kappa shape index (κ3) is 4.47. The van der Waals surface area contributed by atoms with Crippen molar-refractivity contribution in [3.8, 4) is 17.2 Å². The summed E-state index contributed by atoms with van der Waals surface area (Å²) in [6, 6.07) is 6.56. The highest BCUT2D eigenvalue weighted by Gasteiger charge is 2.27. The number of nitrogens with two attached hydrogens (primary N) is 1. The van der Waals surface area contributed by atoms with Crippen molar-refractivity contribution in [1.29, 1.82) is 0 Å². The van der Waals surface area contributed by atoms with Crippen LogP contribution in [0.1, 0.15) is 16.8 Å². The fourth-order valence-corrected chi connectivity index (χ4v) is 3.72. The Kier molecular flexibility index (Phi) is 6.19. The van der Waals surface area contributed by atoms with E-state index in [2.05, 4.69) is 10.3 Å². The molecule has 33 heavy (non-hydrogen) atoms. The van der Waals surface area contributed by atoms with E-state index in [1.54, 1.807) is 0 Å². The predicted octanol–water partition coefficient (Wildman–Crippen LogP) is 4.50. The summed E-state index contributed by atoms with van der Waals surface area (Å²) in [5.41, 5.74) is 5.98. The molecule has 1 atom stereocenters. The largest absolute Gasteiger partial charge is 0.496 e. The number of benzene rings is 2. The van der Waals surface area contributed by atoms with Crippen molar-refractivity contribution in [2.24, 2.45) is 5.73 Å². The maximum Gasteiger partial charge on any atom is 0.321 e. The van der Waals surface area contributed by atoms with E-state index in [1.165, 1.54) is 48.5 Å². The zero-order valence-electron chi connectivity index (χ0n) is 17.4. The Morgan fingerprint density at radius 1 is 1.24 bits per heavy atom. The van der Waals surface area contributed by atoms with E-state index in [4.69, 9.17) is 26.8 Å². The van der Waals surface area contributed by atoms with Gasteiger partial charge in [-0.25, -0.2) is 13.6 Å². The first-order valence-electron chi connectivity index (χ1n) is 9.91. The maximum absolute atomic E-state index is 15.0. The second kappa shape index (κ2) is 9.07. The quantitative estimate of drug-likeness (QED) is 0.563. The van der Waals surface area contributed by atoms with Gasteiger partial charge in [0, 0.05) is 24.2 Å². The molecule has 1 saturated heterocycles. The summed E-state index contributed by atoms with van der Waals surface area (Å²) in [5, 5.41) is 2.52. The van der Waals surface area contributed by atoms with Crippen molar-refractivity contribution in [3.05, 3.63) is 52.9 Å². The lowest BCUT2D eigenvalue weighted by atomic mass is 10.1. The maximum atomic E-state index is 15.0. The van der Waals surface area contributed by atoms with Crippen LogP contribution in [0.2, 0.25) is 5.02 Å². The monoisotopic (exact) mass is 476 g/mol. The average molecular weight is 477 g/mol. The number of alkyl halides is 1. The molecule has 3 aromatic rings. The number of methoxy groups -OCH3 is 1. The normalized spacial score (nSPS) is 15.5. The summed E-state index contributed by atoms with van der Waals surface area (Å²) in [7, 11) is 1.39. The van der Waals surface area contributed by atoms with Gasteiger partial charge in [0.05, 0.1) is 30.4 Å². The van der Waals surface area contributed by atoms with Crippen LogP contribution in [0.25, 0.3) is 10.9 Å². The van der Waals surface area contributed by atoms with Crippen LogP contribution in [0.15, 0.2) is 36.5 Å². The van der Waals surface area contributed by atoms with Gasteiger partial charge in [-0.15, -0.1) is 0 Å². The van der Waals surface area contributed by atoms with Gasteiger partial charge in [-0.1, -0.05) is 11.6 Å². The van der Waals surface area contributed by atoms with Gasteiger partial charge in [0.25, 0.3) is 5.91 Å². The number of carbonyl (C=O) groups excluding carboxylic acids is 2. The molecule has 8 nitrogen and oxygen atoms in total. The van der Waals surface area contributed by atoms with E-state index < -0.39 is 23.9 Å². The van der Waals surface area contributed by atoms with Crippen molar-refractivity contribution in [2.45, 2.75) is 12.6 Å². The number of nitrogens with zero attached hydrogens (tertiary/aromatic N) is 2. The van der Waals surface area contributed by atoms with Crippen LogP contribution in [0.3, 0.4) is 0 Å². The summed E-state index contributed by atoms with van der Waals surface area (Å²) in [6.07, 6.45) is 0.624. The predicted molar refractivity (Wildman–Crippen MR) is 118 cm³/mol. The van der Waals surface area contributed by atoms with Gasteiger partial charge in [0.2, 0.25) is 0 Å². The van der Waals surface area contributed by atoms with Crippen molar-refractivity contribution in [2.75, 3.05) is 25.5 Å². The van der Waals surface area contributed by atoms with Gasteiger partial charge < -0.3 is 25.4 Å². The standard InChI is InChI=1S/C22H19ClF2N4O4/c1-32-18-9-15-12(8-13(18)21(26)30)16(4-6-27-15)33-17-3-2-14(19(23)20(17)25)28-22(31)29-7-5-11(24)10-29/h2-4,6,8-9,11H,5,7,10H2,1H3,(H2,26,30)(H,28,31). The van der Waals surface area contributed by atoms with Gasteiger partial charge in [-0.3, -0.25) is 9.78 Å². The highest BCUT2D eigenvalue weighted by atomic mass is 35.5. The van der Waals surface area contributed by atoms with Crippen LogP contribution in [0.4, 0.5) is 19.3 Å². The number of ether oxygens (including phenoxy) is 2. The smallest absolute Gasteiger partial charge is 0.321 e. The minimum Gasteiger partial charge on any atom is -0.496 e. The molecule has 11 heteroatoms.